The highest BCUT2D eigenvalue weighted by Crippen LogP contribution is 2.50. The number of aliphatic carboxylic acids is 1. The van der Waals surface area contributed by atoms with Gasteiger partial charge in [0.1, 0.15) is 4.21 Å². The summed E-state index contributed by atoms with van der Waals surface area (Å²) in [6.07, 6.45) is 2.27. The Balaban J connectivity index is 1.95. The number of thiophene rings is 1. The Morgan fingerprint density at radius 3 is 2.85 bits per heavy atom. The summed E-state index contributed by atoms with van der Waals surface area (Å²) in [5.74, 6) is -0.893. The van der Waals surface area contributed by atoms with Crippen LogP contribution in [0.2, 0.25) is 0 Å². The molecule has 0 radical (unpaired) electrons. The molecule has 1 aliphatic heterocycles. The van der Waals surface area contributed by atoms with E-state index in [1.807, 2.05) is 0 Å². The van der Waals surface area contributed by atoms with Gasteiger partial charge in [-0.1, -0.05) is 6.42 Å². The minimum atomic E-state index is -3.55. The van der Waals surface area contributed by atoms with E-state index >= 15 is 0 Å². The van der Waals surface area contributed by atoms with E-state index in [2.05, 4.69) is 0 Å². The molecular weight excluding hydrogens is 298 g/mol. The van der Waals surface area contributed by atoms with E-state index in [1.165, 1.54) is 15.6 Å². The third-order valence-electron chi connectivity index (χ3n) is 4.65. The van der Waals surface area contributed by atoms with Gasteiger partial charge in [0.2, 0.25) is 0 Å². The molecule has 0 bridgehead atoms. The first-order valence-electron chi connectivity index (χ1n) is 6.65. The van der Waals surface area contributed by atoms with E-state index in [0.29, 0.717) is 17.2 Å². The van der Waals surface area contributed by atoms with Crippen molar-refractivity contribution in [2.75, 3.05) is 13.1 Å². The van der Waals surface area contributed by atoms with Gasteiger partial charge in [-0.3, -0.25) is 4.79 Å². The SMILES string of the molecule is Cc1ccsc1S(=O)(=O)N1C[C@@H]2CCC[C@@]2(C(=O)O)C1. The molecule has 110 valence electrons. The van der Waals surface area contributed by atoms with Crippen LogP contribution in [0.1, 0.15) is 24.8 Å². The summed E-state index contributed by atoms with van der Waals surface area (Å²) < 4.78 is 27.0. The van der Waals surface area contributed by atoms with Crippen molar-refractivity contribution in [3.8, 4) is 0 Å². The summed E-state index contributed by atoms with van der Waals surface area (Å²) in [5.41, 5.74) is -0.130. The number of fused-ring (bicyclic) bond motifs is 1. The minimum absolute atomic E-state index is 0.0463. The van der Waals surface area contributed by atoms with Crippen LogP contribution < -0.4 is 0 Å². The Hall–Kier alpha value is -0.920. The van der Waals surface area contributed by atoms with Crippen LogP contribution in [0, 0.1) is 18.3 Å². The highest BCUT2D eigenvalue weighted by Gasteiger charge is 2.57. The molecule has 0 amide bonds. The Kier molecular flexibility index (Phi) is 3.19. The van der Waals surface area contributed by atoms with Crippen LogP contribution in [0.3, 0.4) is 0 Å². The molecule has 1 aromatic heterocycles. The fourth-order valence-corrected chi connectivity index (χ4v) is 6.62. The number of carbonyl (C=O) groups is 1. The first-order valence-corrected chi connectivity index (χ1v) is 8.97. The minimum Gasteiger partial charge on any atom is -0.481 e. The molecule has 1 N–H and O–H groups in total. The molecule has 0 aromatic carbocycles. The molecule has 2 atom stereocenters. The second-order valence-corrected chi connectivity index (χ2v) is 8.79. The number of sulfonamides is 1. The number of carboxylic acids is 1. The zero-order valence-corrected chi connectivity index (χ0v) is 12.8. The zero-order chi connectivity index (χ0) is 14.5. The van der Waals surface area contributed by atoms with Crippen molar-refractivity contribution in [3.05, 3.63) is 17.0 Å². The second kappa shape index (κ2) is 4.54. The van der Waals surface area contributed by atoms with Crippen molar-refractivity contribution in [2.24, 2.45) is 11.3 Å². The van der Waals surface area contributed by atoms with Gasteiger partial charge in [0.05, 0.1) is 5.41 Å². The maximum absolute atomic E-state index is 12.7. The molecule has 7 heteroatoms. The van der Waals surface area contributed by atoms with Crippen LogP contribution in [0.5, 0.6) is 0 Å². The highest BCUT2D eigenvalue weighted by atomic mass is 32.2. The maximum atomic E-state index is 12.7. The molecule has 5 nitrogen and oxygen atoms in total. The third kappa shape index (κ3) is 1.83. The van der Waals surface area contributed by atoms with Crippen LogP contribution in [-0.2, 0) is 14.8 Å². The van der Waals surface area contributed by atoms with Gasteiger partial charge < -0.3 is 5.11 Å². The molecule has 2 fully saturated rings. The summed E-state index contributed by atoms with van der Waals surface area (Å²) in [6.45, 7) is 2.23. The fourth-order valence-electron chi connectivity index (χ4n) is 3.52. The van der Waals surface area contributed by atoms with Gasteiger partial charge in [-0.25, -0.2) is 8.42 Å². The smallest absolute Gasteiger partial charge is 0.311 e. The lowest BCUT2D eigenvalue weighted by atomic mass is 9.81. The molecule has 3 rings (SSSR count). The summed E-state index contributed by atoms with van der Waals surface area (Å²) in [4.78, 5) is 11.6. The van der Waals surface area contributed by atoms with Crippen LogP contribution in [-0.4, -0.2) is 36.9 Å². The van der Waals surface area contributed by atoms with Crippen molar-refractivity contribution in [3.63, 3.8) is 0 Å². The van der Waals surface area contributed by atoms with Gasteiger partial charge in [0.15, 0.2) is 0 Å². The van der Waals surface area contributed by atoms with E-state index in [9.17, 15) is 18.3 Å². The average Bonchev–Trinajstić information content (AvgIpc) is 3.00. The number of nitrogens with zero attached hydrogens (tertiary/aromatic N) is 1. The molecule has 2 heterocycles. The molecule has 0 spiro atoms. The van der Waals surface area contributed by atoms with Crippen LogP contribution in [0.25, 0.3) is 0 Å². The standard InChI is InChI=1S/C13H17NO4S2/c1-9-4-6-19-11(9)20(17,18)14-7-10-3-2-5-13(10,8-14)12(15)16/h4,6,10H,2-3,5,7-8H2,1H3,(H,15,16)/t10-,13+/m0/s1. The lowest BCUT2D eigenvalue weighted by Gasteiger charge is -2.23. The average molecular weight is 315 g/mol. The van der Waals surface area contributed by atoms with Gasteiger partial charge in [-0.05, 0) is 42.7 Å². The normalized spacial score (nSPS) is 30.6. The first kappa shape index (κ1) is 14.0. The number of hydrogen-bond donors (Lipinski definition) is 1. The largest absolute Gasteiger partial charge is 0.481 e. The fraction of sp³-hybridized carbons (Fsp3) is 0.615. The van der Waals surface area contributed by atoms with Crippen LogP contribution in [0.4, 0.5) is 0 Å². The van der Waals surface area contributed by atoms with Crippen molar-refractivity contribution in [1.29, 1.82) is 0 Å². The predicted octanol–water partition coefficient (Wildman–Crippen LogP) is 1.93. The Labute approximate surface area is 122 Å². The maximum Gasteiger partial charge on any atom is 0.311 e. The van der Waals surface area contributed by atoms with Crippen molar-refractivity contribution >= 4 is 27.3 Å². The molecule has 1 aliphatic carbocycles. The van der Waals surface area contributed by atoms with Gasteiger partial charge in [0.25, 0.3) is 10.0 Å². The van der Waals surface area contributed by atoms with E-state index in [0.717, 1.165) is 18.4 Å². The van der Waals surface area contributed by atoms with Crippen molar-refractivity contribution in [1.82, 2.24) is 4.31 Å². The molecule has 1 aromatic rings. The Morgan fingerprint density at radius 1 is 1.55 bits per heavy atom. The summed E-state index contributed by atoms with van der Waals surface area (Å²) >= 11 is 1.20. The summed E-state index contributed by atoms with van der Waals surface area (Å²) in [6, 6.07) is 1.78. The second-order valence-electron chi connectivity index (χ2n) is 5.74. The monoisotopic (exact) mass is 315 g/mol. The molecule has 1 saturated carbocycles. The van der Waals surface area contributed by atoms with E-state index < -0.39 is 21.4 Å². The number of carboxylic acid groups (broad SMARTS) is 1. The molecule has 2 aliphatic rings. The lowest BCUT2D eigenvalue weighted by Crippen LogP contribution is -2.37. The van der Waals surface area contributed by atoms with Crippen molar-refractivity contribution < 1.29 is 18.3 Å². The molecular formula is C13H17NO4S2. The highest BCUT2D eigenvalue weighted by molar-refractivity contribution is 7.91. The number of hydrogen-bond acceptors (Lipinski definition) is 4. The quantitative estimate of drug-likeness (QED) is 0.925. The van der Waals surface area contributed by atoms with Crippen LogP contribution in [0.15, 0.2) is 15.7 Å². The van der Waals surface area contributed by atoms with Crippen LogP contribution >= 0.6 is 11.3 Å². The Bertz CT molecular complexity index is 651. The number of rotatable bonds is 3. The molecule has 1 saturated heterocycles. The van der Waals surface area contributed by atoms with E-state index in [-0.39, 0.29) is 12.5 Å². The molecule has 0 unspecified atom stereocenters. The first-order chi connectivity index (χ1) is 9.38. The van der Waals surface area contributed by atoms with Crippen molar-refractivity contribution in [2.45, 2.75) is 30.4 Å². The topological polar surface area (TPSA) is 74.7 Å². The van der Waals surface area contributed by atoms with Gasteiger partial charge in [0, 0.05) is 13.1 Å². The van der Waals surface area contributed by atoms with Gasteiger partial charge in [-0.2, -0.15) is 4.31 Å². The van der Waals surface area contributed by atoms with E-state index in [1.54, 1.807) is 18.4 Å². The molecule has 20 heavy (non-hydrogen) atoms. The van der Waals surface area contributed by atoms with Gasteiger partial charge in [-0.15, -0.1) is 11.3 Å². The number of aryl methyl sites for hydroxylation is 1. The summed E-state index contributed by atoms with van der Waals surface area (Å²) in [7, 11) is -3.55. The predicted molar refractivity (Wildman–Crippen MR) is 75.2 cm³/mol. The summed E-state index contributed by atoms with van der Waals surface area (Å²) in [5, 5.41) is 11.3. The van der Waals surface area contributed by atoms with Gasteiger partial charge >= 0.3 is 5.97 Å². The lowest BCUT2D eigenvalue weighted by molar-refractivity contribution is -0.149. The zero-order valence-electron chi connectivity index (χ0n) is 11.2. The third-order valence-corrected chi connectivity index (χ3v) is 8.13. The Morgan fingerprint density at radius 2 is 2.30 bits per heavy atom. The van der Waals surface area contributed by atoms with E-state index in [4.69, 9.17) is 0 Å².